The lowest BCUT2D eigenvalue weighted by molar-refractivity contribution is 0.577. The lowest BCUT2D eigenvalue weighted by atomic mass is 10.0. The summed E-state index contributed by atoms with van der Waals surface area (Å²) in [7, 11) is -7.89. The van der Waals surface area contributed by atoms with E-state index in [-0.39, 0.29) is 21.3 Å². The fourth-order valence-corrected chi connectivity index (χ4v) is 12.0. The standard InChI is InChI=1S/C36H40O4S3/c1-3-5-7-13-25-42(37,38)35-33(31-23-15-19-27-17-9-11-21-29(27)31)41-34(36(35)43(39,40)26-14-8-6-4-2)32-24-16-20-28-18-10-12-22-30(28)32/h9-12,15-24H,3-8,13-14,25-26H2,1-2H3. The summed E-state index contributed by atoms with van der Waals surface area (Å²) in [6.07, 6.45) is 6.45. The molecule has 1 heterocycles. The Hall–Kier alpha value is -3.00. The smallest absolute Gasteiger partial charge is 0.181 e. The van der Waals surface area contributed by atoms with Crippen LogP contribution in [0.1, 0.15) is 65.2 Å². The van der Waals surface area contributed by atoms with Crippen molar-refractivity contribution in [2.75, 3.05) is 11.5 Å². The van der Waals surface area contributed by atoms with Gasteiger partial charge in [-0.2, -0.15) is 0 Å². The average molecular weight is 633 g/mol. The maximum atomic E-state index is 14.4. The number of fused-ring (bicyclic) bond motifs is 2. The van der Waals surface area contributed by atoms with Crippen molar-refractivity contribution in [1.82, 2.24) is 0 Å². The third-order valence-electron chi connectivity index (χ3n) is 8.05. The second kappa shape index (κ2) is 13.7. The molecule has 5 aromatic rings. The number of thiophene rings is 1. The third-order valence-corrected chi connectivity index (χ3v) is 13.4. The van der Waals surface area contributed by atoms with Crippen LogP contribution in [0.2, 0.25) is 0 Å². The molecule has 5 rings (SSSR count). The highest BCUT2D eigenvalue weighted by Gasteiger charge is 2.36. The van der Waals surface area contributed by atoms with Crippen LogP contribution in [0.4, 0.5) is 0 Å². The van der Waals surface area contributed by atoms with E-state index in [9.17, 15) is 16.8 Å². The number of hydrogen-bond donors (Lipinski definition) is 0. The molecule has 0 atom stereocenters. The Morgan fingerprint density at radius 3 is 1.30 bits per heavy atom. The van der Waals surface area contributed by atoms with Gasteiger partial charge in [-0.25, -0.2) is 16.8 Å². The molecule has 0 saturated heterocycles. The predicted molar refractivity (Wildman–Crippen MR) is 183 cm³/mol. The number of sulfone groups is 2. The lowest BCUT2D eigenvalue weighted by Gasteiger charge is -2.13. The molecular weight excluding hydrogens is 593 g/mol. The molecule has 0 aliphatic rings. The molecule has 4 aromatic carbocycles. The molecule has 0 radical (unpaired) electrons. The van der Waals surface area contributed by atoms with E-state index >= 15 is 0 Å². The molecule has 0 unspecified atom stereocenters. The van der Waals surface area contributed by atoms with Crippen molar-refractivity contribution in [3.8, 4) is 20.9 Å². The highest BCUT2D eigenvalue weighted by atomic mass is 32.2. The van der Waals surface area contributed by atoms with Crippen molar-refractivity contribution in [2.45, 2.75) is 75.0 Å². The van der Waals surface area contributed by atoms with E-state index in [2.05, 4.69) is 13.8 Å². The minimum Gasteiger partial charge on any atom is -0.224 e. The molecule has 0 aliphatic heterocycles. The van der Waals surface area contributed by atoms with E-state index in [1.807, 2.05) is 84.9 Å². The van der Waals surface area contributed by atoms with Crippen molar-refractivity contribution in [3.63, 3.8) is 0 Å². The van der Waals surface area contributed by atoms with Gasteiger partial charge in [0, 0.05) is 11.1 Å². The fourth-order valence-electron chi connectivity index (χ4n) is 5.81. The molecule has 0 bridgehead atoms. The van der Waals surface area contributed by atoms with Crippen LogP contribution in [0.25, 0.3) is 42.4 Å². The van der Waals surface area contributed by atoms with E-state index in [0.717, 1.165) is 71.2 Å². The first-order valence-corrected chi connectivity index (χ1v) is 19.5. The van der Waals surface area contributed by atoms with Gasteiger partial charge < -0.3 is 0 Å². The summed E-state index contributed by atoms with van der Waals surface area (Å²) in [5, 5.41) is 3.78. The van der Waals surface area contributed by atoms with E-state index < -0.39 is 19.7 Å². The summed E-state index contributed by atoms with van der Waals surface area (Å²) >= 11 is 1.30. The minimum atomic E-state index is -3.95. The first-order valence-electron chi connectivity index (χ1n) is 15.4. The normalized spacial score (nSPS) is 12.3. The minimum absolute atomic E-state index is 0.0104. The average Bonchev–Trinajstić information content (AvgIpc) is 3.43. The van der Waals surface area contributed by atoms with E-state index in [0.29, 0.717) is 22.6 Å². The third kappa shape index (κ3) is 6.74. The van der Waals surface area contributed by atoms with Crippen LogP contribution in [0, 0.1) is 0 Å². The Balaban J connectivity index is 1.84. The quantitative estimate of drug-likeness (QED) is 0.114. The summed E-state index contributed by atoms with van der Waals surface area (Å²) < 4.78 is 57.7. The maximum absolute atomic E-state index is 14.4. The molecule has 1 aromatic heterocycles. The summed E-state index contributed by atoms with van der Waals surface area (Å²) in [4.78, 5) is 1.01. The Morgan fingerprint density at radius 1 is 0.488 bits per heavy atom. The molecule has 7 heteroatoms. The zero-order valence-corrected chi connectivity index (χ0v) is 27.5. The van der Waals surface area contributed by atoms with Crippen molar-refractivity contribution in [2.24, 2.45) is 0 Å². The summed E-state index contributed by atoms with van der Waals surface area (Å²) in [5.74, 6) is -0.149. The fraction of sp³-hybridized carbons (Fsp3) is 0.333. The van der Waals surface area contributed by atoms with Gasteiger partial charge >= 0.3 is 0 Å². The number of rotatable bonds is 14. The molecule has 0 aliphatic carbocycles. The molecular formula is C36H40O4S3. The van der Waals surface area contributed by atoms with Gasteiger partial charge in [-0.3, -0.25) is 0 Å². The van der Waals surface area contributed by atoms with Gasteiger partial charge in [-0.15, -0.1) is 11.3 Å². The topological polar surface area (TPSA) is 68.3 Å². The van der Waals surface area contributed by atoms with Gasteiger partial charge in [0.05, 0.1) is 21.3 Å². The van der Waals surface area contributed by atoms with Crippen molar-refractivity contribution in [1.29, 1.82) is 0 Å². The van der Waals surface area contributed by atoms with Crippen molar-refractivity contribution >= 4 is 52.6 Å². The summed E-state index contributed by atoms with van der Waals surface area (Å²) in [5.41, 5.74) is 1.51. The van der Waals surface area contributed by atoms with E-state index in [4.69, 9.17) is 0 Å². The van der Waals surface area contributed by atoms with Crippen molar-refractivity contribution < 1.29 is 16.8 Å². The molecule has 0 saturated carbocycles. The van der Waals surface area contributed by atoms with Gasteiger partial charge in [-0.05, 0) is 34.4 Å². The van der Waals surface area contributed by atoms with E-state index in [1.54, 1.807) is 0 Å². The molecule has 4 nitrogen and oxygen atoms in total. The summed E-state index contributed by atoms with van der Waals surface area (Å²) in [6, 6.07) is 27.5. The van der Waals surface area contributed by atoms with Crippen LogP contribution in [0.5, 0.6) is 0 Å². The van der Waals surface area contributed by atoms with Crippen LogP contribution in [0.15, 0.2) is 94.7 Å². The van der Waals surface area contributed by atoms with Gasteiger partial charge in [0.15, 0.2) is 19.7 Å². The highest BCUT2D eigenvalue weighted by Crippen LogP contribution is 2.50. The lowest BCUT2D eigenvalue weighted by Crippen LogP contribution is -2.15. The highest BCUT2D eigenvalue weighted by molar-refractivity contribution is 7.95. The Labute approximate surface area is 260 Å². The molecule has 226 valence electrons. The Kier molecular flexibility index (Phi) is 10.0. The van der Waals surface area contributed by atoms with Crippen LogP contribution < -0.4 is 0 Å². The predicted octanol–water partition coefficient (Wildman–Crippen LogP) is 10.1. The van der Waals surface area contributed by atoms with Gasteiger partial charge in [0.25, 0.3) is 0 Å². The molecule has 0 fully saturated rings. The molecule has 0 amide bonds. The summed E-state index contributed by atoms with van der Waals surface area (Å²) in [6.45, 7) is 4.18. The zero-order chi connectivity index (χ0) is 30.5. The Bertz CT molecular complexity index is 1790. The second-order valence-corrected chi connectivity index (χ2v) is 16.3. The Morgan fingerprint density at radius 2 is 0.884 bits per heavy atom. The van der Waals surface area contributed by atoms with Gasteiger partial charge in [-0.1, -0.05) is 137 Å². The maximum Gasteiger partial charge on any atom is 0.181 e. The van der Waals surface area contributed by atoms with Crippen LogP contribution in [-0.2, 0) is 19.7 Å². The molecule has 0 spiro atoms. The first kappa shape index (κ1) is 31.4. The first-order chi connectivity index (χ1) is 20.8. The van der Waals surface area contributed by atoms with Crippen molar-refractivity contribution in [3.05, 3.63) is 84.9 Å². The van der Waals surface area contributed by atoms with Crippen LogP contribution >= 0.6 is 11.3 Å². The number of unbranched alkanes of at least 4 members (excludes halogenated alkanes) is 6. The number of hydrogen-bond acceptors (Lipinski definition) is 5. The molecule has 0 N–H and O–H groups in total. The SMILES string of the molecule is CCCCCCS(=O)(=O)c1c(-c2cccc3ccccc23)sc(-c2cccc3ccccc23)c1S(=O)(=O)CCCCCC. The molecule has 43 heavy (non-hydrogen) atoms. The zero-order valence-electron chi connectivity index (χ0n) is 25.0. The van der Waals surface area contributed by atoms with Gasteiger partial charge in [0.2, 0.25) is 0 Å². The largest absolute Gasteiger partial charge is 0.224 e. The van der Waals surface area contributed by atoms with Crippen LogP contribution in [-0.4, -0.2) is 28.3 Å². The monoisotopic (exact) mass is 632 g/mol. The number of benzene rings is 4. The van der Waals surface area contributed by atoms with Gasteiger partial charge in [0.1, 0.15) is 9.79 Å². The second-order valence-electron chi connectivity index (χ2n) is 11.2. The van der Waals surface area contributed by atoms with Crippen LogP contribution in [0.3, 0.4) is 0 Å². The van der Waals surface area contributed by atoms with E-state index in [1.165, 1.54) is 11.3 Å².